The fourth-order valence-corrected chi connectivity index (χ4v) is 3.17. The van der Waals surface area contributed by atoms with Crippen molar-refractivity contribution in [2.24, 2.45) is 5.92 Å². The Morgan fingerprint density at radius 2 is 2.19 bits per heavy atom. The molecule has 0 saturated heterocycles. The van der Waals surface area contributed by atoms with Crippen molar-refractivity contribution < 1.29 is 14.3 Å². The first kappa shape index (κ1) is 20.2. The molecular weight excluding hydrogens is 334 g/mol. The first-order chi connectivity index (χ1) is 12.5. The van der Waals surface area contributed by atoms with Crippen molar-refractivity contribution in [3.63, 3.8) is 0 Å². The summed E-state index contributed by atoms with van der Waals surface area (Å²) in [6, 6.07) is 1.66. The summed E-state index contributed by atoms with van der Waals surface area (Å²) in [6.45, 7) is 6.95. The molecule has 1 aliphatic rings. The zero-order valence-electron chi connectivity index (χ0n) is 15.9. The lowest BCUT2D eigenvalue weighted by molar-refractivity contribution is -0.128. The highest BCUT2D eigenvalue weighted by Gasteiger charge is 2.35. The number of carbonyl (C=O) groups excluding carboxylic acids is 2. The van der Waals surface area contributed by atoms with Gasteiger partial charge in [-0.15, -0.1) is 0 Å². The van der Waals surface area contributed by atoms with Gasteiger partial charge in [-0.25, -0.2) is 4.79 Å². The molecule has 0 bridgehead atoms. The van der Waals surface area contributed by atoms with E-state index in [9.17, 15) is 9.59 Å². The van der Waals surface area contributed by atoms with Crippen LogP contribution in [0.4, 0.5) is 4.79 Å². The average molecular weight is 365 g/mol. The summed E-state index contributed by atoms with van der Waals surface area (Å²) in [5.74, 6) is -0.0826. The van der Waals surface area contributed by atoms with Crippen molar-refractivity contribution >= 4 is 11.9 Å². The maximum atomic E-state index is 12.5. The molecular formula is C18H31N5O3. The van der Waals surface area contributed by atoms with Crippen LogP contribution in [0.25, 0.3) is 0 Å². The van der Waals surface area contributed by atoms with Gasteiger partial charge in [0.2, 0.25) is 5.91 Å². The molecule has 1 aromatic heterocycles. The molecule has 3 atom stereocenters. The molecule has 1 aromatic rings. The summed E-state index contributed by atoms with van der Waals surface area (Å²) in [4.78, 5) is 24.5. The van der Waals surface area contributed by atoms with Gasteiger partial charge >= 0.3 is 6.03 Å². The first-order valence-corrected chi connectivity index (χ1v) is 9.44. The predicted octanol–water partition coefficient (Wildman–Crippen LogP) is 1.70. The quantitative estimate of drug-likeness (QED) is 0.562. The second-order valence-corrected chi connectivity index (χ2v) is 7.10. The minimum atomic E-state index is -0.183. The van der Waals surface area contributed by atoms with Gasteiger partial charge in [0.15, 0.2) is 0 Å². The van der Waals surface area contributed by atoms with Crippen LogP contribution in [-0.4, -0.2) is 46.9 Å². The lowest BCUT2D eigenvalue weighted by atomic mass is 9.83. The van der Waals surface area contributed by atoms with E-state index in [0.29, 0.717) is 19.6 Å². The van der Waals surface area contributed by atoms with E-state index in [1.54, 1.807) is 6.20 Å². The molecule has 146 valence electrons. The zero-order valence-corrected chi connectivity index (χ0v) is 15.9. The molecule has 1 aliphatic carbocycles. The van der Waals surface area contributed by atoms with Crippen LogP contribution in [0.2, 0.25) is 0 Å². The summed E-state index contributed by atoms with van der Waals surface area (Å²) >= 11 is 0. The maximum absolute atomic E-state index is 12.5. The van der Waals surface area contributed by atoms with Crippen molar-refractivity contribution in [2.75, 3.05) is 6.61 Å². The molecule has 0 aliphatic heterocycles. The van der Waals surface area contributed by atoms with Crippen LogP contribution in [0.1, 0.15) is 52.1 Å². The standard InChI is InChI=1S/C18H31N5O3/c1-4-9-26-16-10-13(17(24)19-11-14-7-8-20-23-14)5-6-15(16)22-18(25)21-12(2)3/h7-8,12-13,15-16H,4-6,9-11H2,1-3H3,(H,19,24)(H,20,23)(H2,21,22,25)/t13-,15-,16-/m0/s1. The number of hydrogen-bond acceptors (Lipinski definition) is 4. The molecule has 2 rings (SSSR count). The van der Waals surface area contributed by atoms with Crippen LogP contribution in [0.5, 0.6) is 0 Å². The first-order valence-electron chi connectivity index (χ1n) is 9.44. The molecule has 1 saturated carbocycles. The summed E-state index contributed by atoms with van der Waals surface area (Å²) < 4.78 is 5.94. The Kier molecular flexibility index (Phi) is 7.90. The Labute approximate surface area is 154 Å². The van der Waals surface area contributed by atoms with Gasteiger partial charge in [-0.1, -0.05) is 6.92 Å². The number of hydrogen-bond donors (Lipinski definition) is 4. The topological polar surface area (TPSA) is 108 Å². The van der Waals surface area contributed by atoms with E-state index < -0.39 is 0 Å². The average Bonchev–Trinajstić information content (AvgIpc) is 3.11. The number of ether oxygens (including phenoxy) is 1. The van der Waals surface area contributed by atoms with Crippen LogP contribution < -0.4 is 16.0 Å². The number of aromatic amines is 1. The van der Waals surface area contributed by atoms with Gasteiger partial charge in [-0.05, 0) is 45.6 Å². The van der Waals surface area contributed by atoms with E-state index in [-0.39, 0.29) is 36.0 Å². The lowest BCUT2D eigenvalue weighted by Crippen LogP contribution is -2.53. The second-order valence-electron chi connectivity index (χ2n) is 7.10. The summed E-state index contributed by atoms with van der Waals surface area (Å²) in [6.07, 6.45) is 4.48. The number of aromatic nitrogens is 2. The molecule has 1 heterocycles. The van der Waals surface area contributed by atoms with Gasteiger partial charge in [0.05, 0.1) is 24.4 Å². The number of rotatable bonds is 8. The third-order valence-electron chi connectivity index (χ3n) is 4.45. The van der Waals surface area contributed by atoms with Crippen molar-refractivity contribution in [1.82, 2.24) is 26.1 Å². The molecule has 4 N–H and O–H groups in total. The number of nitrogens with zero attached hydrogens (tertiary/aromatic N) is 1. The van der Waals surface area contributed by atoms with Crippen molar-refractivity contribution in [3.05, 3.63) is 18.0 Å². The number of nitrogens with one attached hydrogen (secondary N) is 4. The van der Waals surface area contributed by atoms with E-state index in [2.05, 4.69) is 26.1 Å². The SMILES string of the molecule is CCCO[C@H]1C[C@@H](C(=O)NCc2ccn[nH]2)CC[C@@H]1NC(=O)NC(C)C. The maximum Gasteiger partial charge on any atom is 0.315 e. The Morgan fingerprint density at radius 1 is 1.38 bits per heavy atom. The fraction of sp³-hybridized carbons (Fsp3) is 0.722. The van der Waals surface area contributed by atoms with Crippen LogP contribution in [0.3, 0.4) is 0 Å². The van der Waals surface area contributed by atoms with E-state index in [1.807, 2.05) is 26.8 Å². The van der Waals surface area contributed by atoms with E-state index in [4.69, 9.17) is 4.74 Å². The van der Waals surface area contributed by atoms with Crippen molar-refractivity contribution in [3.8, 4) is 0 Å². The Hall–Kier alpha value is -2.09. The van der Waals surface area contributed by atoms with Crippen LogP contribution in [0, 0.1) is 5.92 Å². The van der Waals surface area contributed by atoms with Gasteiger partial charge in [0.1, 0.15) is 0 Å². The normalized spacial score (nSPS) is 22.8. The molecule has 0 radical (unpaired) electrons. The van der Waals surface area contributed by atoms with Gasteiger partial charge in [-0.2, -0.15) is 5.10 Å². The number of urea groups is 1. The smallest absolute Gasteiger partial charge is 0.315 e. The molecule has 0 aromatic carbocycles. The van der Waals surface area contributed by atoms with Crippen LogP contribution in [-0.2, 0) is 16.1 Å². The predicted molar refractivity (Wildman–Crippen MR) is 98.4 cm³/mol. The van der Waals surface area contributed by atoms with E-state index in [0.717, 1.165) is 25.0 Å². The zero-order chi connectivity index (χ0) is 18.9. The number of carbonyl (C=O) groups is 2. The highest BCUT2D eigenvalue weighted by atomic mass is 16.5. The molecule has 8 nitrogen and oxygen atoms in total. The van der Waals surface area contributed by atoms with E-state index in [1.165, 1.54) is 0 Å². The second kappa shape index (κ2) is 10.2. The highest BCUT2D eigenvalue weighted by Crippen LogP contribution is 2.27. The van der Waals surface area contributed by atoms with E-state index >= 15 is 0 Å². The molecule has 1 fully saturated rings. The lowest BCUT2D eigenvalue weighted by Gasteiger charge is -2.36. The van der Waals surface area contributed by atoms with Gasteiger partial charge in [0, 0.05) is 24.8 Å². The Morgan fingerprint density at radius 3 is 2.85 bits per heavy atom. The molecule has 0 spiro atoms. The monoisotopic (exact) mass is 365 g/mol. The summed E-state index contributed by atoms with van der Waals surface area (Å²) in [7, 11) is 0. The minimum Gasteiger partial charge on any atom is -0.376 e. The molecule has 0 unspecified atom stereocenters. The highest BCUT2D eigenvalue weighted by molar-refractivity contribution is 5.79. The Balaban J connectivity index is 1.88. The third kappa shape index (κ3) is 6.33. The third-order valence-corrected chi connectivity index (χ3v) is 4.45. The minimum absolute atomic E-state index is 0.0229. The summed E-state index contributed by atoms with van der Waals surface area (Å²) in [5.41, 5.74) is 0.873. The van der Waals surface area contributed by atoms with Crippen LogP contribution >= 0.6 is 0 Å². The van der Waals surface area contributed by atoms with Gasteiger partial charge < -0.3 is 20.7 Å². The van der Waals surface area contributed by atoms with Crippen molar-refractivity contribution in [1.29, 1.82) is 0 Å². The van der Waals surface area contributed by atoms with Gasteiger partial charge in [-0.3, -0.25) is 9.89 Å². The van der Waals surface area contributed by atoms with Crippen LogP contribution in [0.15, 0.2) is 12.3 Å². The van der Waals surface area contributed by atoms with Crippen molar-refractivity contribution in [2.45, 2.75) is 71.2 Å². The molecule has 3 amide bonds. The summed E-state index contributed by atoms with van der Waals surface area (Å²) in [5, 5.41) is 15.5. The fourth-order valence-electron chi connectivity index (χ4n) is 3.17. The molecule has 26 heavy (non-hydrogen) atoms. The number of H-pyrrole nitrogens is 1. The largest absolute Gasteiger partial charge is 0.376 e. The van der Waals surface area contributed by atoms with Gasteiger partial charge in [0.25, 0.3) is 0 Å². The Bertz CT molecular complexity index is 561. The number of amides is 3. The molecule has 8 heteroatoms.